The predicted octanol–water partition coefficient (Wildman–Crippen LogP) is 18.3. The molecule has 4 aromatic heterocycles. The standard InChI is InChI=1S/C78H50N8/c1-5-19-51(20-6-1)75-79-67(49-33-37-53(38-34-49)77-83-65-29-15-17-31-71(65)85(77)57-23-9-3-10-24-57)47-69(81-75)55-41-43-61-63(45-55)73-59-27-13-14-28-60(59)74(61)64-46-56(42-44-62(64)73)70-48-68(80-76(82-70)52-21-7-2-8-22-52)50-35-39-54(40-36-50)78-84-66-30-16-18-32-72(66)86(78)58-25-11-4-12-26-58/h1-48,73-74H. The van der Waals surface area contributed by atoms with Gasteiger partial charge >= 0.3 is 0 Å². The van der Waals surface area contributed by atoms with Crippen LogP contribution < -0.4 is 0 Å². The van der Waals surface area contributed by atoms with E-state index in [4.69, 9.17) is 29.9 Å². The van der Waals surface area contributed by atoms with Gasteiger partial charge in [-0.25, -0.2) is 29.9 Å². The summed E-state index contributed by atoms with van der Waals surface area (Å²) >= 11 is 0. The third kappa shape index (κ3) is 8.29. The number of rotatable bonds is 10. The molecule has 0 aliphatic heterocycles. The van der Waals surface area contributed by atoms with E-state index in [9.17, 15) is 0 Å². The van der Waals surface area contributed by atoms with E-state index in [2.05, 4.69) is 240 Å². The van der Waals surface area contributed by atoms with Gasteiger partial charge in [0, 0.05) is 67.7 Å². The Morgan fingerprint density at radius 3 is 0.942 bits per heavy atom. The molecule has 0 radical (unpaired) electrons. The molecule has 402 valence electrons. The Labute approximate surface area is 496 Å². The molecule has 0 N–H and O–H groups in total. The quantitative estimate of drug-likeness (QED) is 0.136. The third-order valence-corrected chi connectivity index (χ3v) is 17.2. The summed E-state index contributed by atoms with van der Waals surface area (Å²) in [4.78, 5) is 31.5. The van der Waals surface area contributed by atoms with Crippen LogP contribution in [0.4, 0.5) is 0 Å². The summed E-state index contributed by atoms with van der Waals surface area (Å²) in [7, 11) is 0. The molecule has 86 heavy (non-hydrogen) atoms. The maximum atomic E-state index is 5.34. The SMILES string of the molecule is c1ccc(-c2nc(-c3ccc(-c4nc5ccccc5n4-c4ccccc4)cc3)cc(-c3ccc4c(c3)C3c5ccccc5C4c4cc(-c5cc(-c6ccc(-c7nc8ccccc8n7-c7ccccc7)cc6)nc(-c6ccccc6)n5)ccc43)n2)cc1. The Bertz CT molecular complexity index is 4770. The monoisotopic (exact) mass is 1100 g/mol. The third-order valence-electron chi connectivity index (χ3n) is 17.2. The van der Waals surface area contributed by atoms with Crippen molar-refractivity contribution in [1.82, 2.24) is 39.0 Å². The number of para-hydroxylation sites is 6. The van der Waals surface area contributed by atoms with E-state index in [0.29, 0.717) is 11.6 Å². The van der Waals surface area contributed by atoms with Crippen LogP contribution in [0, 0.1) is 0 Å². The minimum Gasteiger partial charge on any atom is -0.292 e. The molecule has 4 heterocycles. The molecule has 3 aliphatic carbocycles. The minimum absolute atomic E-state index is 0.0205. The molecule has 0 saturated heterocycles. The number of nitrogens with zero attached hydrogens (tertiary/aromatic N) is 8. The lowest BCUT2D eigenvalue weighted by atomic mass is 9.60. The van der Waals surface area contributed by atoms with Crippen LogP contribution in [0.2, 0.25) is 0 Å². The van der Waals surface area contributed by atoms with E-state index in [0.717, 1.165) is 112 Å². The van der Waals surface area contributed by atoms with E-state index in [1.165, 1.54) is 33.4 Å². The van der Waals surface area contributed by atoms with Crippen molar-refractivity contribution in [3.63, 3.8) is 0 Å². The molecule has 0 fully saturated rings. The average Bonchev–Trinajstić information content (AvgIpc) is 0.986. The molecule has 0 spiro atoms. The highest BCUT2D eigenvalue weighted by Gasteiger charge is 2.41. The van der Waals surface area contributed by atoms with Gasteiger partial charge in [-0.15, -0.1) is 0 Å². The normalized spacial score (nSPS) is 13.8. The molecule has 11 aromatic carbocycles. The second-order valence-electron chi connectivity index (χ2n) is 22.2. The van der Waals surface area contributed by atoms with Gasteiger partial charge in [0.2, 0.25) is 0 Å². The first-order valence-corrected chi connectivity index (χ1v) is 29.2. The van der Waals surface area contributed by atoms with Crippen LogP contribution in [-0.2, 0) is 0 Å². The minimum atomic E-state index is 0.0205. The molecule has 2 atom stereocenters. The molecule has 2 unspecified atom stereocenters. The highest BCUT2D eigenvalue weighted by atomic mass is 15.1. The van der Waals surface area contributed by atoms with Gasteiger partial charge in [-0.2, -0.15) is 0 Å². The molecule has 0 amide bonds. The Morgan fingerprint density at radius 1 is 0.221 bits per heavy atom. The highest BCUT2D eigenvalue weighted by molar-refractivity contribution is 5.86. The molecule has 18 rings (SSSR count). The summed E-state index contributed by atoms with van der Waals surface area (Å²) in [6.45, 7) is 0. The van der Waals surface area contributed by atoms with Crippen LogP contribution in [0.15, 0.2) is 291 Å². The van der Waals surface area contributed by atoms with Crippen LogP contribution in [0.3, 0.4) is 0 Å². The van der Waals surface area contributed by atoms with Gasteiger partial charge in [0.05, 0.1) is 44.8 Å². The van der Waals surface area contributed by atoms with Crippen LogP contribution in [0.1, 0.15) is 45.2 Å². The molecule has 8 heteroatoms. The fraction of sp³-hybridized carbons (Fsp3) is 0.0256. The first kappa shape index (κ1) is 49.2. The lowest BCUT2D eigenvalue weighted by Gasteiger charge is -2.42. The topological polar surface area (TPSA) is 87.2 Å². The van der Waals surface area contributed by atoms with Crippen molar-refractivity contribution in [3.8, 4) is 102 Å². The second kappa shape index (κ2) is 20.2. The summed E-state index contributed by atoms with van der Waals surface area (Å²) < 4.78 is 4.48. The number of aromatic nitrogens is 8. The smallest absolute Gasteiger partial charge is 0.160 e. The fourth-order valence-corrected chi connectivity index (χ4v) is 13.2. The van der Waals surface area contributed by atoms with E-state index < -0.39 is 0 Å². The van der Waals surface area contributed by atoms with Crippen molar-refractivity contribution < 1.29 is 0 Å². The molecule has 2 bridgehead atoms. The summed E-state index contributed by atoms with van der Waals surface area (Å²) in [6, 6.07) is 103. The van der Waals surface area contributed by atoms with E-state index in [1.807, 2.05) is 60.7 Å². The van der Waals surface area contributed by atoms with Crippen molar-refractivity contribution in [2.45, 2.75) is 11.8 Å². The number of benzene rings is 11. The van der Waals surface area contributed by atoms with Crippen molar-refractivity contribution in [2.24, 2.45) is 0 Å². The van der Waals surface area contributed by atoms with E-state index in [1.54, 1.807) is 0 Å². The summed E-state index contributed by atoms with van der Waals surface area (Å²) in [5.41, 5.74) is 25.5. The maximum Gasteiger partial charge on any atom is 0.160 e. The van der Waals surface area contributed by atoms with Gasteiger partial charge < -0.3 is 0 Å². The Hall–Kier alpha value is -11.5. The molecule has 15 aromatic rings. The van der Waals surface area contributed by atoms with Gasteiger partial charge in [-0.05, 0) is 106 Å². The fourth-order valence-electron chi connectivity index (χ4n) is 13.2. The van der Waals surface area contributed by atoms with Crippen molar-refractivity contribution >= 4 is 22.1 Å². The predicted molar refractivity (Wildman–Crippen MR) is 345 cm³/mol. The molecule has 3 aliphatic rings. The van der Waals surface area contributed by atoms with Gasteiger partial charge in [0.1, 0.15) is 11.6 Å². The first-order chi connectivity index (χ1) is 42.6. The van der Waals surface area contributed by atoms with Crippen LogP contribution in [-0.4, -0.2) is 39.0 Å². The largest absolute Gasteiger partial charge is 0.292 e. The summed E-state index contributed by atoms with van der Waals surface area (Å²) in [6.07, 6.45) is 0. The Morgan fingerprint density at radius 2 is 0.535 bits per heavy atom. The summed E-state index contributed by atoms with van der Waals surface area (Å²) in [5, 5.41) is 0. The van der Waals surface area contributed by atoms with Gasteiger partial charge in [0.25, 0.3) is 0 Å². The Balaban J connectivity index is 0.738. The lowest BCUT2D eigenvalue weighted by molar-refractivity contribution is 0.755. The molecule has 0 saturated carbocycles. The van der Waals surface area contributed by atoms with Gasteiger partial charge in [-0.3, -0.25) is 9.13 Å². The highest BCUT2D eigenvalue weighted by Crippen LogP contribution is 2.57. The van der Waals surface area contributed by atoms with Crippen molar-refractivity contribution in [1.29, 1.82) is 0 Å². The number of hydrogen-bond acceptors (Lipinski definition) is 6. The van der Waals surface area contributed by atoms with E-state index in [-0.39, 0.29) is 11.8 Å². The van der Waals surface area contributed by atoms with E-state index >= 15 is 0 Å². The van der Waals surface area contributed by atoms with Crippen molar-refractivity contribution in [3.05, 3.63) is 325 Å². The number of imidazole rings is 2. The lowest BCUT2D eigenvalue weighted by Crippen LogP contribution is -2.27. The average molecular weight is 1100 g/mol. The molecule has 8 nitrogen and oxygen atoms in total. The van der Waals surface area contributed by atoms with Crippen LogP contribution >= 0.6 is 0 Å². The number of hydrogen-bond donors (Lipinski definition) is 0. The first-order valence-electron chi connectivity index (χ1n) is 29.2. The maximum absolute atomic E-state index is 5.34. The molecular formula is C78H50N8. The summed E-state index contributed by atoms with van der Waals surface area (Å²) in [5.74, 6) is 3.17. The Kier molecular flexibility index (Phi) is 11.5. The van der Waals surface area contributed by atoms with Crippen molar-refractivity contribution in [2.75, 3.05) is 0 Å². The zero-order valence-corrected chi connectivity index (χ0v) is 46.4. The zero-order valence-electron chi connectivity index (χ0n) is 46.4. The zero-order chi connectivity index (χ0) is 56.7. The molecular weight excluding hydrogens is 1050 g/mol. The number of fused-ring (bicyclic) bond motifs is 2. The van der Waals surface area contributed by atoms with Crippen LogP contribution in [0.25, 0.3) is 124 Å². The van der Waals surface area contributed by atoms with Gasteiger partial charge in [0.15, 0.2) is 11.6 Å². The van der Waals surface area contributed by atoms with Gasteiger partial charge in [-0.1, -0.05) is 218 Å². The second-order valence-corrected chi connectivity index (χ2v) is 22.2. The van der Waals surface area contributed by atoms with Crippen LogP contribution in [0.5, 0.6) is 0 Å².